The third kappa shape index (κ3) is 8.42. The van der Waals surface area contributed by atoms with Crippen LogP contribution in [-0.4, -0.2) is 24.3 Å². The van der Waals surface area contributed by atoms with Crippen LogP contribution < -0.4 is 20.7 Å². The van der Waals surface area contributed by atoms with Crippen LogP contribution in [0.25, 0.3) is 34.3 Å². The molecule has 0 aliphatic carbocycles. The van der Waals surface area contributed by atoms with Gasteiger partial charge in [0.25, 0.3) is 0 Å². The van der Waals surface area contributed by atoms with Crippen LogP contribution in [0.3, 0.4) is 0 Å². The van der Waals surface area contributed by atoms with E-state index in [1.54, 1.807) is 6.20 Å². The molecule has 0 bridgehead atoms. The predicted molar refractivity (Wildman–Crippen MR) is 208 cm³/mol. The summed E-state index contributed by atoms with van der Waals surface area (Å²) in [5.74, 6) is 0. The largest absolute Gasteiger partial charge is 0.380 e. The van der Waals surface area contributed by atoms with Crippen LogP contribution in [0.2, 0.25) is 0 Å². The summed E-state index contributed by atoms with van der Waals surface area (Å²) in [5, 5.41) is 8.26. The molecule has 3 aromatic carbocycles. The van der Waals surface area contributed by atoms with Gasteiger partial charge in [0.05, 0.1) is 11.7 Å². The average molecular weight is 627 g/mol. The van der Waals surface area contributed by atoms with E-state index in [0.29, 0.717) is 6.54 Å². The zero-order chi connectivity index (χ0) is 33.9. The molecule has 0 amide bonds. The molecule has 1 atom stereocenters. The number of nitrogens with one attached hydrogen (secondary N) is 1. The summed E-state index contributed by atoms with van der Waals surface area (Å²) in [7, 11) is 0. The molecule has 4 aromatic rings. The van der Waals surface area contributed by atoms with E-state index in [-0.39, 0.29) is 6.04 Å². The van der Waals surface area contributed by atoms with E-state index >= 15 is 0 Å². The third-order valence-corrected chi connectivity index (χ3v) is 8.24. The first kappa shape index (κ1) is 33.4. The highest BCUT2D eigenvalue weighted by molar-refractivity contribution is 5.85. The van der Waals surface area contributed by atoms with Gasteiger partial charge in [0, 0.05) is 47.5 Å². The average Bonchev–Trinajstić information content (AvgIpc) is 3.12. The van der Waals surface area contributed by atoms with Crippen molar-refractivity contribution in [3.05, 3.63) is 192 Å². The lowest BCUT2D eigenvalue weighted by atomic mass is 10.0. The van der Waals surface area contributed by atoms with Crippen molar-refractivity contribution < 1.29 is 0 Å². The van der Waals surface area contributed by atoms with E-state index in [4.69, 9.17) is 4.98 Å². The van der Waals surface area contributed by atoms with Crippen LogP contribution in [0, 0.1) is 0 Å². The Morgan fingerprint density at radius 3 is 2.35 bits per heavy atom. The van der Waals surface area contributed by atoms with Crippen molar-refractivity contribution in [2.75, 3.05) is 11.4 Å². The molecule has 2 heterocycles. The maximum atomic E-state index is 4.72. The van der Waals surface area contributed by atoms with Gasteiger partial charge in [-0.2, -0.15) is 0 Å². The second-order valence-corrected chi connectivity index (χ2v) is 11.6. The SMILES string of the molecule is C=N/C=C\C(C)=C\C(=C)C(=C)/C=C\C(=C)N(C/C=C\C(=C/C)C1C=c2ccccc2=CN1)c1ccc(-c2cc3ccccc3cn2)cc1. The Morgan fingerprint density at radius 1 is 0.875 bits per heavy atom. The van der Waals surface area contributed by atoms with Gasteiger partial charge < -0.3 is 10.2 Å². The Kier molecular flexibility index (Phi) is 11.1. The maximum Gasteiger partial charge on any atom is 0.0708 e. The number of aromatic nitrogens is 1. The molecule has 1 unspecified atom stereocenters. The fraction of sp³-hybridized carbons (Fsp3) is 0.0909. The van der Waals surface area contributed by atoms with E-state index in [0.717, 1.165) is 44.7 Å². The van der Waals surface area contributed by atoms with Crippen molar-refractivity contribution in [3.63, 3.8) is 0 Å². The van der Waals surface area contributed by atoms with Crippen molar-refractivity contribution in [1.82, 2.24) is 10.3 Å². The summed E-state index contributed by atoms with van der Waals surface area (Å²) in [6, 6.07) is 27.4. The van der Waals surface area contributed by atoms with Gasteiger partial charge >= 0.3 is 0 Å². The van der Waals surface area contributed by atoms with E-state index in [2.05, 4.69) is 152 Å². The van der Waals surface area contributed by atoms with Gasteiger partial charge in [0.2, 0.25) is 0 Å². The Labute approximate surface area is 284 Å². The van der Waals surface area contributed by atoms with E-state index in [9.17, 15) is 0 Å². The number of pyridine rings is 1. The second kappa shape index (κ2) is 16.0. The van der Waals surface area contributed by atoms with Gasteiger partial charge in [0.1, 0.15) is 0 Å². The minimum atomic E-state index is 0.0920. The van der Waals surface area contributed by atoms with Crippen LogP contribution in [0.1, 0.15) is 13.8 Å². The molecule has 1 aliphatic heterocycles. The molecule has 48 heavy (non-hydrogen) atoms. The first-order valence-electron chi connectivity index (χ1n) is 16.0. The smallest absolute Gasteiger partial charge is 0.0708 e. The maximum absolute atomic E-state index is 4.72. The quantitative estimate of drug-likeness (QED) is 0.119. The number of rotatable bonds is 13. The minimum Gasteiger partial charge on any atom is -0.380 e. The monoisotopic (exact) mass is 626 g/mol. The number of allylic oxidation sites excluding steroid dienone is 8. The van der Waals surface area contributed by atoms with Gasteiger partial charge in [-0.1, -0.05) is 117 Å². The highest BCUT2D eigenvalue weighted by atomic mass is 15.1. The predicted octanol–water partition coefficient (Wildman–Crippen LogP) is 8.74. The molecule has 4 nitrogen and oxygen atoms in total. The fourth-order valence-electron chi connectivity index (χ4n) is 5.49. The normalized spacial score (nSPS) is 14.8. The highest BCUT2D eigenvalue weighted by Gasteiger charge is 2.12. The molecule has 0 saturated carbocycles. The van der Waals surface area contributed by atoms with Crippen LogP contribution in [0.4, 0.5) is 5.69 Å². The van der Waals surface area contributed by atoms with Crippen LogP contribution in [0.15, 0.2) is 187 Å². The first-order chi connectivity index (χ1) is 23.4. The lowest BCUT2D eigenvalue weighted by molar-refractivity contribution is 0.866. The molecule has 0 spiro atoms. The molecule has 238 valence electrons. The van der Waals surface area contributed by atoms with Crippen LogP contribution in [-0.2, 0) is 0 Å². The summed E-state index contributed by atoms with van der Waals surface area (Å²) in [6.07, 6.45) is 22.3. The van der Waals surface area contributed by atoms with Crippen molar-refractivity contribution in [2.24, 2.45) is 4.99 Å². The lowest BCUT2D eigenvalue weighted by Crippen LogP contribution is -2.38. The highest BCUT2D eigenvalue weighted by Crippen LogP contribution is 2.27. The number of hydrogen-bond acceptors (Lipinski definition) is 4. The molecular weight excluding hydrogens is 585 g/mol. The minimum absolute atomic E-state index is 0.0920. The Balaban J connectivity index is 1.38. The van der Waals surface area contributed by atoms with Crippen molar-refractivity contribution >= 4 is 35.5 Å². The molecule has 0 radical (unpaired) electrons. The van der Waals surface area contributed by atoms with Gasteiger partial charge in [-0.15, -0.1) is 0 Å². The van der Waals surface area contributed by atoms with Gasteiger partial charge in [0.15, 0.2) is 0 Å². The molecule has 1 aromatic heterocycles. The zero-order valence-electron chi connectivity index (χ0n) is 27.8. The number of hydrogen-bond donors (Lipinski definition) is 1. The summed E-state index contributed by atoms with van der Waals surface area (Å²) in [4.78, 5) is 10.7. The topological polar surface area (TPSA) is 40.5 Å². The molecule has 1 aliphatic rings. The molecule has 0 fully saturated rings. The molecule has 4 heteroatoms. The summed E-state index contributed by atoms with van der Waals surface area (Å²) < 4.78 is 0. The third-order valence-electron chi connectivity index (χ3n) is 8.24. The van der Waals surface area contributed by atoms with Crippen molar-refractivity contribution in [1.29, 1.82) is 0 Å². The van der Waals surface area contributed by atoms with E-state index in [1.807, 2.05) is 43.5 Å². The van der Waals surface area contributed by atoms with Crippen LogP contribution >= 0.6 is 0 Å². The first-order valence-corrected chi connectivity index (χ1v) is 16.0. The number of benzene rings is 3. The number of aliphatic imine (C=N–C) groups is 1. The summed E-state index contributed by atoms with van der Waals surface area (Å²) >= 11 is 0. The zero-order valence-corrected chi connectivity index (χ0v) is 27.8. The summed E-state index contributed by atoms with van der Waals surface area (Å²) in [6.45, 7) is 21.0. The van der Waals surface area contributed by atoms with E-state index in [1.165, 1.54) is 21.4 Å². The van der Waals surface area contributed by atoms with Gasteiger partial charge in [-0.05, 0) is 89.0 Å². The number of nitrogens with zero attached hydrogens (tertiary/aromatic N) is 3. The lowest BCUT2D eigenvalue weighted by Gasteiger charge is -2.25. The molecular formula is C44H42N4. The summed E-state index contributed by atoms with van der Waals surface area (Å²) in [5.41, 5.74) is 7.66. The Morgan fingerprint density at radius 2 is 1.60 bits per heavy atom. The Hall–Kier alpha value is -6.00. The molecule has 5 rings (SSSR count). The Bertz CT molecular complexity index is 2120. The van der Waals surface area contributed by atoms with Crippen molar-refractivity contribution in [3.8, 4) is 11.3 Å². The number of anilines is 1. The molecule has 0 saturated heterocycles. The standard InChI is InChI=1S/C44H42N4/c1-7-36(43-28-38-13-8-10-15-40(38)30-46-43)17-12-26-48(35(5)19-18-33(3)34(4)27-32(2)24-25-45-6)42-22-20-37(21-23-42)44-29-39-14-9-11-16-41(39)31-47-44/h7-25,27-31,43,46H,3-6,26H2,1-2H3/b17-12-,19-18-,25-24-,32-27+,36-7+. The fourth-order valence-corrected chi connectivity index (χ4v) is 5.49. The van der Waals surface area contributed by atoms with Crippen LogP contribution in [0.5, 0.6) is 0 Å². The second-order valence-electron chi connectivity index (χ2n) is 11.6. The van der Waals surface area contributed by atoms with Gasteiger partial charge in [-0.3, -0.25) is 9.98 Å². The van der Waals surface area contributed by atoms with Gasteiger partial charge in [-0.25, -0.2) is 0 Å². The molecule has 1 N–H and O–H groups in total. The van der Waals surface area contributed by atoms with Crippen molar-refractivity contribution in [2.45, 2.75) is 19.9 Å². The van der Waals surface area contributed by atoms with E-state index < -0.39 is 0 Å². The number of fused-ring (bicyclic) bond motifs is 2.